The minimum atomic E-state index is 0.158. The van der Waals surface area contributed by atoms with Crippen LogP contribution >= 0.6 is 0 Å². The molecular formula is C24H23N7O2. The van der Waals surface area contributed by atoms with Crippen molar-refractivity contribution in [2.45, 2.75) is 27.0 Å². The smallest absolute Gasteiger partial charge is 0.192 e. The fourth-order valence-corrected chi connectivity index (χ4v) is 3.78. The van der Waals surface area contributed by atoms with E-state index in [1.54, 1.807) is 36.6 Å². The van der Waals surface area contributed by atoms with Gasteiger partial charge in [-0.2, -0.15) is 0 Å². The van der Waals surface area contributed by atoms with Crippen LogP contribution in [0.5, 0.6) is 5.75 Å². The van der Waals surface area contributed by atoms with Gasteiger partial charge in [0.2, 0.25) is 0 Å². The number of nitrogens with zero attached hydrogens (tertiary/aromatic N) is 7. The number of hydrogen-bond donors (Lipinski definition) is 0. The molecule has 5 rings (SSSR count). The zero-order valence-electron chi connectivity index (χ0n) is 18.6. The fraction of sp³-hybridized carbons (Fsp3) is 0.208. The highest BCUT2D eigenvalue weighted by molar-refractivity contribution is 5.93. The lowest BCUT2D eigenvalue weighted by atomic mass is 10.2. The van der Waals surface area contributed by atoms with Crippen molar-refractivity contribution in [1.82, 2.24) is 29.1 Å². The highest BCUT2D eigenvalue weighted by Crippen LogP contribution is 2.27. The summed E-state index contributed by atoms with van der Waals surface area (Å²) in [5, 5.41) is 9.52. The van der Waals surface area contributed by atoms with Crippen LogP contribution in [-0.2, 0) is 18.0 Å². The Morgan fingerprint density at radius 3 is 2.58 bits per heavy atom. The minimum Gasteiger partial charge on any atom is -0.497 e. The van der Waals surface area contributed by atoms with Crippen molar-refractivity contribution < 1.29 is 9.57 Å². The number of pyridine rings is 1. The molecule has 0 spiro atoms. The second-order valence-electron chi connectivity index (χ2n) is 7.67. The summed E-state index contributed by atoms with van der Waals surface area (Å²) < 4.78 is 9.05. The fourth-order valence-electron chi connectivity index (χ4n) is 3.78. The molecule has 9 nitrogen and oxygen atoms in total. The summed E-state index contributed by atoms with van der Waals surface area (Å²) in [5.74, 6) is 1.33. The van der Waals surface area contributed by atoms with E-state index in [0.29, 0.717) is 12.4 Å². The van der Waals surface area contributed by atoms with Crippen LogP contribution < -0.4 is 4.74 Å². The minimum absolute atomic E-state index is 0.158. The molecule has 0 aliphatic carbocycles. The molecule has 4 heterocycles. The van der Waals surface area contributed by atoms with Gasteiger partial charge < -0.3 is 14.1 Å². The molecule has 0 saturated heterocycles. The number of hydrogen-bond acceptors (Lipinski definition) is 7. The standard InChI is InChI=1S/C24H23N7O2/c1-16-17(2)30(13-19-8-10-25-11-9-19)23-22(16)24-28-21(29-31(24)15-26-23)14-33-27-12-18-4-6-20(32-3)7-5-18/h4-12,15H,13-14H2,1-3H3. The second-order valence-corrected chi connectivity index (χ2v) is 7.67. The number of ether oxygens (including phenoxy) is 1. The van der Waals surface area contributed by atoms with Crippen LogP contribution in [0.3, 0.4) is 0 Å². The summed E-state index contributed by atoms with van der Waals surface area (Å²) in [6, 6.07) is 11.6. The first-order valence-corrected chi connectivity index (χ1v) is 10.5. The average molecular weight is 441 g/mol. The molecule has 0 fully saturated rings. The van der Waals surface area contributed by atoms with Crippen LogP contribution in [-0.4, -0.2) is 42.5 Å². The summed E-state index contributed by atoms with van der Waals surface area (Å²) in [6.45, 7) is 5.06. The van der Waals surface area contributed by atoms with E-state index in [4.69, 9.17) is 14.6 Å². The lowest BCUT2D eigenvalue weighted by molar-refractivity contribution is 0.126. The van der Waals surface area contributed by atoms with E-state index in [1.807, 2.05) is 36.4 Å². The lowest BCUT2D eigenvalue weighted by Crippen LogP contribution is -2.03. The van der Waals surface area contributed by atoms with Gasteiger partial charge in [0.15, 0.2) is 18.1 Å². The SMILES string of the molecule is COc1ccc(C=NOCc2nc3c4c(C)c(C)n(Cc5ccncc5)c4ncn3n2)cc1. The molecule has 9 heteroatoms. The molecule has 0 amide bonds. The first kappa shape index (κ1) is 20.6. The maximum Gasteiger partial charge on any atom is 0.192 e. The Balaban J connectivity index is 1.39. The van der Waals surface area contributed by atoms with E-state index in [1.165, 1.54) is 0 Å². The van der Waals surface area contributed by atoms with Gasteiger partial charge in [-0.15, -0.1) is 5.10 Å². The number of fused-ring (bicyclic) bond motifs is 3. The topological polar surface area (TPSA) is 91.7 Å². The highest BCUT2D eigenvalue weighted by atomic mass is 16.6. The van der Waals surface area contributed by atoms with Gasteiger partial charge >= 0.3 is 0 Å². The highest BCUT2D eigenvalue weighted by Gasteiger charge is 2.18. The number of oxime groups is 1. The van der Waals surface area contributed by atoms with E-state index in [9.17, 15) is 0 Å². The molecule has 0 saturated carbocycles. The number of benzene rings is 1. The van der Waals surface area contributed by atoms with Crippen LogP contribution in [0.4, 0.5) is 0 Å². The van der Waals surface area contributed by atoms with E-state index in [0.717, 1.165) is 44.8 Å². The number of rotatable bonds is 7. The maximum absolute atomic E-state index is 5.43. The van der Waals surface area contributed by atoms with Crippen LogP contribution in [0.25, 0.3) is 16.7 Å². The zero-order valence-corrected chi connectivity index (χ0v) is 18.6. The number of aryl methyl sites for hydroxylation is 1. The molecule has 0 aliphatic rings. The Bertz CT molecular complexity index is 1440. The Hall–Kier alpha value is -4.27. The van der Waals surface area contributed by atoms with Crippen molar-refractivity contribution >= 4 is 22.9 Å². The number of aromatic nitrogens is 6. The second kappa shape index (κ2) is 8.70. The molecule has 0 unspecified atom stereocenters. The van der Waals surface area contributed by atoms with Crippen molar-refractivity contribution in [3.63, 3.8) is 0 Å². The summed E-state index contributed by atoms with van der Waals surface area (Å²) in [4.78, 5) is 18.9. The van der Waals surface area contributed by atoms with Gasteiger partial charge in [0.25, 0.3) is 0 Å². The van der Waals surface area contributed by atoms with Gasteiger partial charge in [0, 0.05) is 24.6 Å². The third kappa shape index (κ3) is 4.00. The van der Waals surface area contributed by atoms with Gasteiger partial charge in [-0.1, -0.05) is 5.16 Å². The Labute approximate surface area is 190 Å². The molecular weight excluding hydrogens is 418 g/mol. The van der Waals surface area contributed by atoms with E-state index in [-0.39, 0.29) is 6.61 Å². The monoisotopic (exact) mass is 441 g/mol. The summed E-state index contributed by atoms with van der Waals surface area (Å²) in [6.07, 6.45) is 6.94. The molecule has 0 bridgehead atoms. The lowest BCUT2D eigenvalue weighted by Gasteiger charge is -2.07. The molecule has 1 aromatic carbocycles. The molecule has 0 aliphatic heterocycles. The summed E-state index contributed by atoms with van der Waals surface area (Å²) >= 11 is 0. The van der Waals surface area contributed by atoms with E-state index >= 15 is 0 Å². The van der Waals surface area contributed by atoms with Gasteiger partial charge in [0.05, 0.1) is 18.7 Å². The molecule has 5 aromatic rings. The quantitative estimate of drug-likeness (QED) is 0.283. The van der Waals surface area contributed by atoms with Crippen LogP contribution in [0.1, 0.15) is 28.2 Å². The largest absolute Gasteiger partial charge is 0.497 e. The Kier molecular flexibility index (Phi) is 5.43. The van der Waals surface area contributed by atoms with Crippen molar-refractivity contribution in [2.24, 2.45) is 5.16 Å². The van der Waals surface area contributed by atoms with Crippen LogP contribution in [0.2, 0.25) is 0 Å². The third-order valence-electron chi connectivity index (χ3n) is 5.67. The summed E-state index contributed by atoms with van der Waals surface area (Å²) in [7, 11) is 1.64. The molecule has 33 heavy (non-hydrogen) atoms. The van der Waals surface area contributed by atoms with Crippen molar-refractivity contribution in [2.75, 3.05) is 7.11 Å². The van der Waals surface area contributed by atoms with Crippen molar-refractivity contribution in [3.05, 3.63) is 83.3 Å². The van der Waals surface area contributed by atoms with E-state index < -0.39 is 0 Å². The van der Waals surface area contributed by atoms with E-state index in [2.05, 4.69) is 38.6 Å². The molecule has 0 N–H and O–H groups in total. The Morgan fingerprint density at radius 1 is 1.03 bits per heavy atom. The molecule has 0 radical (unpaired) electrons. The molecule has 166 valence electrons. The molecule has 0 atom stereocenters. The normalized spacial score (nSPS) is 11.6. The summed E-state index contributed by atoms with van der Waals surface area (Å²) in [5.41, 5.74) is 5.99. The van der Waals surface area contributed by atoms with Gasteiger partial charge in [0.1, 0.15) is 17.7 Å². The Morgan fingerprint density at radius 2 is 1.82 bits per heavy atom. The van der Waals surface area contributed by atoms with Gasteiger partial charge in [-0.25, -0.2) is 14.5 Å². The maximum atomic E-state index is 5.43. The first-order valence-electron chi connectivity index (χ1n) is 10.5. The van der Waals surface area contributed by atoms with Crippen LogP contribution in [0.15, 0.2) is 60.3 Å². The zero-order chi connectivity index (χ0) is 22.8. The first-order chi connectivity index (χ1) is 16.1. The number of methoxy groups -OCH3 is 1. The average Bonchev–Trinajstić information content (AvgIpc) is 3.37. The third-order valence-corrected chi connectivity index (χ3v) is 5.67. The predicted octanol–water partition coefficient (Wildman–Crippen LogP) is 3.70. The molecule has 4 aromatic heterocycles. The van der Waals surface area contributed by atoms with Gasteiger partial charge in [-0.05, 0) is 66.9 Å². The predicted molar refractivity (Wildman–Crippen MR) is 124 cm³/mol. The van der Waals surface area contributed by atoms with Crippen molar-refractivity contribution in [1.29, 1.82) is 0 Å². The van der Waals surface area contributed by atoms with Crippen molar-refractivity contribution in [3.8, 4) is 5.75 Å². The van der Waals surface area contributed by atoms with Gasteiger partial charge in [-0.3, -0.25) is 4.98 Å². The van der Waals surface area contributed by atoms with Crippen LogP contribution in [0, 0.1) is 13.8 Å².